The molecule has 0 aliphatic heterocycles. The van der Waals surface area contributed by atoms with Crippen molar-refractivity contribution in [3.05, 3.63) is 52.8 Å². The zero-order valence-electron chi connectivity index (χ0n) is 11.4. The molecule has 0 atom stereocenters. The molecule has 0 aliphatic carbocycles. The molecule has 4 nitrogen and oxygen atoms in total. The first-order valence-electron chi connectivity index (χ1n) is 5.96. The highest BCUT2D eigenvalue weighted by Gasteiger charge is 2.17. The predicted octanol–water partition coefficient (Wildman–Crippen LogP) is 3.60. The Hall–Kier alpha value is -1.79. The first-order valence-corrected chi connectivity index (χ1v) is 7.82. The summed E-state index contributed by atoms with van der Waals surface area (Å²) in [5, 5.41) is 0.177. The molecule has 0 aliphatic rings. The van der Waals surface area contributed by atoms with Crippen LogP contribution in [0.3, 0.4) is 0 Å². The molecule has 0 aromatic heterocycles. The summed E-state index contributed by atoms with van der Waals surface area (Å²) in [4.78, 5) is -0.0306. The van der Waals surface area contributed by atoms with Crippen LogP contribution in [0.15, 0.2) is 41.3 Å². The van der Waals surface area contributed by atoms with Gasteiger partial charge in [0.2, 0.25) is 0 Å². The third kappa shape index (κ3) is 3.46. The zero-order chi connectivity index (χ0) is 15.6. The first-order chi connectivity index (χ1) is 9.83. The van der Waals surface area contributed by atoms with E-state index in [0.717, 1.165) is 6.07 Å². The summed E-state index contributed by atoms with van der Waals surface area (Å²) < 4.78 is 45.1. The van der Waals surface area contributed by atoms with E-state index < -0.39 is 15.8 Å². The maximum Gasteiger partial charge on any atom is 0.261 e. The summed E-state index contributed by atoms with van der Waals surface area (Å²) in [5.41, 5.74) is 0.793. The maximum atomic E-state index is 13.2. The summed E-state index contributed by atoms with van der Waals surface area (Å²) in [7, 11) is -2.42. The molecule has 0 unspecified atom stereocenters. The number of nitrogens with one attached hydrogen (secondary N) is 1. The van der Waals surface area contributed by atoms with Gasteiger partial charge in [-0.15, -0.1) is 0 Å². The number of rotatable bonds is 4. The lowest BCUT2D eigenvalue weighted by atomic mass is 10.2. The van der Waals surface area contributed by atoms with E-state index in [9.17, 15) is 12.8 Å². The number of sulfonamides is 1. The Kier molecular flexibility index (Phi) is 4.39. The number of hydrogen-bond acceptors (Lipinski definition) is 3. The van der Waals surface area contributed by atoms with E-state index in [2.05, 4.69) is 4.72 Å². The molecule has 21 heavy (non-hydrogen) atoms. The van der Waals surface area contributed by atoms with Crippen LogP contribution in [0, 0.1) is 12.7 Å². The number of aryl methyl sites for hydroxylation is 1. The van der Waals surface area contributed by atoms with Crippen LogP contribution in [0.2, 0.25) is 5.02 Å². The lowest BCUT2D eigenvalue weighted by molar-refractivity contribution is 0.414. The molecule has 0 heterocycles. The van der Waals surface area contributed by atoms with Crippen molar-refractivity contribution in [1.29, 1.82) is 0 Å². The molecule has 0 fully saturated rings. The molecule has 2 aromatic carbocycles. The van der Waals surface area contributed by atoms with Gasteiger partial charge in [-0.25, -0.2) is 12.8 Å². The molecule has 0 bridgehead atoms. The summed E-state index contributed by atoms with van der Waals surface area (Å²) in [5.74, 6) is -0.149. The van der Waals surface area contributed by atoms with Gasteiger partial charge in [0.1, 0.15) is 11.6 Å². The van der Waals surface area contributed by atoms with Crippen LogP contribution in [-0.4, -0.2) is 15.5 Å². The minimum absolute atomic E-state index is 0.0306. The standard InChI is InChI=1S/C14H13ClFNO3S/c1-9-3-4-10(16)7-13(9)17-21(18,19)11-5-6-14(20-2)12(15)8-11/h3-8,17H,1-2H3. The number of halogens is 2. The summed E-state index contributed by atoms with van der Waals surface area (Å²) in [6, 6.07) is 7.97. The van der Waals surface area contributed by atoms with Gasteiger partial charge in [-0.05, 0) is 42.8 Å². The molecular formula is C14H13ClFNO3S. The van der Waals surface area contributed by atoms with Crippen LogP contribution in [0.25, 0.3) is 0 Å². The van der Waals surface area contributed by atoms with E-state index in [0.29, 0.717) is 11.3 Å². The SMILES string of the molecule is COc1ccc(S(=O)(=O)Nc2cc(F)ccc2C)cc1Cl. The van der Waals surface area contributed by atoms with Crippen LogP contribution in [0.1, 0.15) is 5.56 Å². The van der Waals surface area contributed by atoms with E-state index in [-0.39, 0.29) is 15.6 Å². The highest BCUT2D eigenvalue weighted by Crippen LogP contribution is 2.28. The van der Waals surface area contributed by atoms with Crippen LogP contribution >= 0.6 is 11.6 Å². The average Bonchev–Trinajstić information content (AvgIpc) is 2.42. The van der Waals surface area contributed by atoms with Gasteiger partial charge in [0.25, 0.3) is 10.0 Å². The zero-order valence-corrected chi connectivity index (χ0v) is 12.9. The second-order valence-corrected chi connectivity index (χ2v) is 6.45. The molecule has 7 heteroatoms. The van der Waals surface area contributed by atoms with Crippen molar-refractivity contribution in [2.75, 3.05) is 11.8 Å². The van der Waals surface area contributed by atoms with Gasteiger partial charge in [-0.2, -0.15) is 0 Å². The number of benzene rings is 2. The summed E-state index contributed by atoms with van der Waals surface area (Å²) >= 11 is 5.92. The molecule has 112 valence electrons. The Labute approximate surface area is 127 Å². The minimum atomic E-state index is -3.86. The van der Waals surface area contributed by atoms with Gasteiger partial charge >= 0.3 is 0 Å². The second kappa shape index (κ2) is 5.91. The fourth-order valence-electron chi connectivity index (χ4n) is 1.72. The first kappa shape index (κ1) is 15.6. The highest BCUT2D eigenvalue weighted by atomic mass is 35.5. The van der Waals surface area contributed by atoms with Gasteiger partial charge < -0.3 is 4.74 Å². The number of anilines is 1. The normalized spacial score (nSPS) is 11.2. The number of hydrogen-bond donors (Lipinski definition) is 1. The van der Waals surface area contributed by atoms with Crippen LogP contribution < -0.4 is 9.46 Å². The second-order valence-electron chi connectivity index (χ2n) is 4.36. The van der Waals surface area contributed by atoms with E-state index in [1.807, 2.05) is 0 Å². The fourth-order valence-corrected chi connectivity index (χ4v) is 3.19. The van der Waals surface area contributed by atoms with E-state index in [1.54, 1.807) is 6.92 Å². The average molecular weight is 330 g/mol. The Balaban J connectivity index is 2.38. The Morgan fingerprint density at radius 3 is 2.52 bits per heavy atom. The van der Waals surface area contributed by atoms with Gasteiger partial charge in [0, 0.05) is 0 Å². The van der Waals surface area contributed by atoms with Crippen molar-refractivity contribution >= 4 is 27.3 Å². The smallest absolute Gasteiger partial charge is 0.261 e. The molecule has 2 aromatic rings. The predicted molar refractivity (Wildman–Crippen MR) is 79.9 cm³/mol. The quantitative estimate of drug-likeness (QED) is 0.932. The molecule has 0 spiro atoms. The molecule has 0 amide bonds. The van der Waals surface area contributed by atoms with Crippen LogP contribution in [-0.2, 0) is 10.0 Å². The monoisotopic (exact) mass is 329 g/mol. The topological polar surface area (TPSA) is 55.4 Å². The van der Waals surface area contributed by atoms with Crippen molar-refractivity contribution in [1.82, 2.24) is 0 Å². The molecule has 2 rings (SSSR count). The summed E-state index contributed by atoms with van der Waals surface area (Å²) in [6.07, 6.45) is 0. The van der Waals surface area contributed by atoms with Crippen molar-refractivity contribution in [3.63, 3.8) is 0 Å². The van der Waals surface area contributed by atoms with E-state index in [4.69, 9.17) is 16.3 Å². The number of methoxy groups -OCH3 is 1. The largest absolute Gasteiger partial charge is 0.495 e. The van der Waals surface area contributed by atoms with Crippen molar-refractivity contribution in [3.8, 4) is 5.75 Å². The Bertz CT molecular complexity index is 778. The lowest BCUT2D eigenvalue weighted by Gasteiger charge is -2.11. The molecule has 0 saturated heterocycles. The molecule has 0 saturated carbocycles. The molecule has 1 N–H and O–H groups in total. The van der Waals surface area contributed by atoms with Gasteiger partial charge in [-0.1, -0.05) is 17.7 Å². The van der Waals surface area contributed by atoms with Crippen molar-refractivity contribution in [2.45, 2.75) is 11.8 Å². The third-order valence-corrected chi connectivity index (χ3v) is 4.54. The molecular weight excluding hydrogens is 317 g/mol. The van der Waals surface area contributed by atoms with E-state index in [1.165, 1.54) is 37.4 Å². The lowest BCUT2D eigenvalue weighted by Crippen LogP contribution is -2.14. The van der Waals surface area contributed by atoms with Crippen molar-refractivity contribution < 1.29 is 17.5 Å². The molecule has 0 radical (unpaired) electrons. The number of ether oxygens (including phenoxy) is 1. The van der Waals surface area contributed by atoms with Gasteiger partial charge in [-0.3, -0.25) is 4.72 Å². The fraction of sp³-hybridized carbons (Fsp3) is 0.143. The van der Waals surface area contributed by atoms with Gasteiger partial charge in [0.15, 0.2) is 0 Å². The summed E-state index contributed by atoms with van der Waals surface area (Å²) in [6.45, 7) is 1.68. The maximum absolute atomic E-state index is 13.2. The Morgan fingerprint density at radius 1 is 1.19 bits per heavy atom. The third-order valence-electron chi connectivity index (χ3n) is 2.88. The van der Waals surface area contributed by atoms with Crippen LogP contribution in [0.5, 0.6) is 5.75 Å². The van der Waals surface area contributed by atoms with Crippen LogP contribution in [0.4, 0.5) is 10.1 Å². The highest BCUT2D eigenvalue weighted by molar-refractivity contribution is 7.92. The minimum Gasteiger partial charge on any atom is -0.495 e. The van der Waals surface area contributed by atoms with E-state index >= 15 is 0 Å². The Morgan fingerprint density at radius 2 is 1.90 bits per heavy atom. The van der Waals surface area contributed by atoms with Gasteiger partial charge in [0.05, 0.1) is 22.7 Å². The van der Waals surface area contributed by atoms with Crippen molar-refractivity contribution in [2.24, 2.45) is 0 Å².